The van der Waals surface area contributed by atoms with Gasteiger partial charge >= 0.3 is 5.97 Å². The van der Waals surface area contributed by atoms with Crippen LogP contribution < -0.4 is 0 Å². The molecule has 0 amide bonds. The number of esters is 1. The quantitative estimate of drug-likeness (QED) is 0.720. The molecule has 4 heteroatoms. The van der Waals surface area contributed by atoms with Gasteiger partial charge in [-0.1, -0.05) is 6.92 Å². The van der Waals surface area contributed by atoms with Crippen molar-refractivity contribution in [2.75, 3.05) is 7.11 Å². The second kappa shape index (κ2) is 4.82. The van der Waals surface area contributed by atoms with E-state index < -0.39 is 5.41 Å². The molecule has 0 unspecified atom stereocenters. The van der Waals surface area contributed by atoms with Crippen molar-refractivity contribution in [2.24, 2.45) is 17.3 Å². The molecule has 2 aliphatic rings. The third kappa shape index (κ3) is 2.20. The van der Waals surface area contributed by atoms with Crippen LogP contribution in [0.25, 0.3) is 0 Å². The van der Waals surface area contributed by atoms with E-state index in [1.807, 2.05) is 0 Å². The van der Waals surface area contributed by atoms with Crippen molar-refractivity contribution in [1.29, 1.82) is 0 Å². The molecule has 0 spiro atoms. The van der Waals surface area contributed by atoms with E-state index >= 15 is 0 Å². The van der Waals surface area contributed by atoms with Crippen LogP contribution in [-0.4, -0.2) is 24.6 Å². The maximum absolute atomic E-state index is 12.4. The van der Waals surface area contributed by atoms with Gasteiger partial charge < -0.3 is 4.74 Å². The summed E-state index contributed by atoms with van der Waals surface area (Å²) in [4.78, 5) is 35.3. The van der Waals surface area contributed by atoms with Crippen LogP contribution in [0.5, 0.6) is 0 Å². The summed E-state index contributed by atoms with van der Waals surface area (Å²) in [5.41, 5.74) is -0.558. The maximum Gasteiger partial charge on any atom is 0.305 e. The minimum Gasteiger partial charge on any atom is -0.469 e. The summed E-state index contributed by atoms with van der Waals surface area (Å²) in [6.07, 6.45) is 3.03. The zero-order valence-electron chi connectivity index (χ0n) is 11.0. The van der Waals surface area contributed by atoms with Crippen molar-refractivity contribution in [2.45, 2.75) is 45.4 Å². The van der Waals surface area contributed by atoms with E-state index in [9.17, 15) is 14.4 Å². The Hall–Kier alpha value is -1.19. The second-order valence-electron chi connectivity index (χ2n) is 5.82. The first-order valence-corrected chi connectivity index (χ1v) is 6.60. The van der Waals surface area contributed by atoms with Gasteiger partial charge in [0.05, 0.1) is 7.11 Å². The monoisotopic (exact) mass is 252 g/mol. The van der Waals surface area contributed by atoms with E-state index in [1.54, 1.807) is 0 Å². The standard InChI is InChI=1S/C14H20O4/c1-9-5-10-7-11(15)8-14(10,12(16)6-9)4-3-13(17)18-2/h9-10H,3-8H2,1-2H3/t9-,10+,14-/m1/s1. The highest BCUT2D eigenvalue weighted by atomic mass is 16.5. The van der Waals surface area contributed by atoms with Crippen LogP contribution in [0.1, 0.15) is 45.4 Å². The summed E-state index contributed by atoms with van der Waals surface area (Å²) in [5, 5.41) is 0. The van der Waals surface area contributed by atoms with Gasteiger partial charge in [-0.2, -0.15) is 0 Å². The highest BCUT2D eigenvalue weighted by molar-refractivity contribution is 5.96. The Morgan fingerprint density at radius 3 is 2.78 bits per heavy atom. The number of carbonyl (C=O) groups is 3. The van der Waals surface area contributed by atoms with Crippen LogP contribution in [0.15, 0.2) is 0 Å². The lowest BCUT2D eigenvalue weighted by Gasteiger charge is -2.39. The van der Waals surface area contributed by atoms with Crippen molar-refractivity contribution < 1.29 is 19.1 Å². The first-order chi connectivity index (χ1) is 8.48. The van der Waals surface area contributed by atoms with Gasteiger partial charge in [0, 0.05) is 31.1 Å². The number of hydrogen-bond donors (Lipinski definition) is 0. The zero-order valence-corrected chi connectivity index (χ0v) is 11.0. The van der Waals surface area contributed by atoms with Gasteiger partial charge in [-0.15, -0.1) is 0 Å². The summed E-state index contributed by atoms with van der Waals surface area (Å²) in [7, 11) is 1.35. The molecule has 0 radical (unpaired) electrons. The summed E-state index contributed by atoms with van der Waals surface area (Å²) in [5.74, 6) is 0.563. The first kappa shape index (κ1) is 13.2. The molecule has 4 nitrogen and oxygen atoms in total. The maximum atomic E-state index is 12.4. The number of ether oxygens (including phenoxy) is 1. The summed E-state index contributed by atoms with van der Waals surface area (Å²) < 4.78 is 4.63. The van der Waals surface area contributed by atoms with Gasteiger partial charge in [0.1, 0.15) is 11.6 Å². The Balaban J connectivity index is 2.17. The first-order valence-electron chi connectivity index (χ1n) is 6.60. The number of carbonyl (C=O) groups excluding carboxylic acids is 3. The third-order valence-electron chi connectivity index (χ3n) is 4.55. The molecule has 2 saturated carbocycles. The molecular weight excluding hydrogens is 232 g/mol. The van der Waals surface area contributed by atoms with Crippen molar-refractivity contribution in [3.63, 3.8) is 0 Å². The van der Waals surface area contributed by atoms with Crippen LogP contribution >= 0.6 is 0 Å². The van der Waals surface area contributed by atoms with E-state index in [4.69, 9.17) is 0 Å². The number of Topliss-reactive ketones (excluding diaryl/α,β-unsaturated/α-hetero) is 2. The lowest BCUT2D eigenvalue weighted by molar-refractivity contribution is -0.144. The fraction of sp³-hybridized carbons (Fsp3) is 0.786. The van der Waals surface area contributed by atoms with E-state index in [-0.39, 0.29) is 29.9 Å². The Labute approximate surface area is 107 Å². The van der Waals surface area contributed by atoms with Gasteiger partial charge in [0.25, 0.3) is 0 Å². The highest BCUT2D eigenvalue weighted by Crippen LogP contribution is 2.52. The van der Waals surface area contributed by atoms with Crippen molar-refractivity contribution in [3.05, 3.63) is 0 Å². The average Bonchev–Trinajstić information content (AvgIpc) is 2.63. The van der Waals surface area contributed by atoms with Gasteiger partial charge in [0.15, 0.2) is 0 Å². The van der Waals surface area contributed by atoms with E-state index in [2.05, 4.69) is 11.7 Å². The molecule has 0 bridgehead atoms. The Bertz CT molecular complexity index is 387. The molecule has 0 aromatic carbocycles. The molecule has 0 aromatic rings. The molecule has 2 aliphatic carbocycles. The molecule has 0 aliphatic heterocycles. The van der Waals surface area contributed by atoms with Crippen molar-refractivity contribution >= 4 is 17.5 Å². The Kier molecular flexibility index (Phi) is 3.55. The zero-order chi connectivity index (χ0) is 13.3. The van der Waals surface area contributed by atoms with E-state index in [1.165, 1.54) is 7.11 Å². The molecule has 3 atom stereocenters. The number of hydrogen-bond acceptors (Lipinski definition) is 4. The predicted molar refractivity (Wildman–Crippen MR) is 64.8 cm³/mol. The molecule has 0 aromatic heterocycles. The summed E-state index contributed by atoms with van der Waals surface area (Å²) in [6.45, 7) is 2.06. The van der Waals surface area contributed by atoms with Crippen LogP contribution in [-0.2, 0) is 19.1 Å². The van der Waals surface area contributed by atoms with Crippen LogP contribution in [0.4, 0.5) is 0 Å². The summed E-state index contributed by atoms with van der Waals surface area (Å²) in [6, 6.07) is 0. The van der Waals surface area contributed by atoms with Crippen LogP contribution in [0, 0.1) is 17.3 Å². The number of ketones is 2. The minimum absolute atomic E-state index is 0.144. The van der Waals surface area contributed by atoms with Gasteiger partial charge in [-0.25, -0.2) is 0 Å². The fourth-order valence-electron chi connectivity index (χ4n) is 3.62. The number of rotatable bonds is 3. The topological polar surface area (TPSA) is 60.4 Å². The normalized spacial score (nSPS) is 35.4. The largest absolute Gasteiger partial charge is 0.469 e. The van der Waals surface area contributed by atoms with Gasteiger partial charge in [0.2, 0.25) is 0 Å². The van der Waals surface area contributed by atoms with Gasteiger partial charge in [-0.05, 0) is 24.7 Å². The molecule has 100 valence electrons. The molecule has 0 N–H and O–H groups in total. The van der Waals surface area contributed by atoms with E-state index in [0.717, 1.165) is 6.42 Å². The Morgan fingerprint density at radius 1 is 1.39 bits per heavy atom. The molecular formula is C14H20O4. The Morgan fingerprint density at radius 2 is 2.11 bits per heavy atom. The highest BCUT2D eigenvalue weighted by Gasteiger charge is 2.54. The van der Waals surface area contributed by atoms with Crippen molar-refractivity contribution in [1.82, 2.24) is 0 Å². The average molecular weight is 252 g/mol. The minimum atomic E-state index is -0.558. The fourth-order valence-corrected chi connectivity index (χ4v) is 3.62. The lowest BCUT2D eigenvalue weighted by atomic mass is 9.62. The lowest BCUT2D eigenvalue weighted by Crippen LogP contribution is -2.41. The second-order valence-corrected chi connectivity index (χ2v) is 5.82. The van der Waals surface area contributed by atoms with Gasteiger partial charge in [-0.3, -0.25) is 14.4 Å². The van der Waals surface area contributed by atoms with Crippen molar-refractivity contribution in [3.8, 4) is 0 Å². The van der Waals surface area contributed by atoms with Crippen LogP contribution in [0.2, 0.25) is 0 Å². The number of fused-ring (bicyclic) bond motifs is 1. The molecule has 2 fully saturated rings. The predicted octanol–water partition coefficient (Wildman–Crippen LogP) is 1.90. The molecule has 18 heavy (non-hydrogen) atoms. The summed E-state index contributed by atoms with van der Waals surface area (Å²) >= 11 is 0. The molecule has 2 rings (SSSR count). The number of methoxy groups -OCH3 is 1. The SMILES string of the molecule is COC(=O)CC[C@@]12CC(=O)C[C@@H]1C[C@@H](C)CC2=O. The van der Waals surface area contributed by atoms with E-state index in [0.29, 0.717) is 31.6 Å². The third-order valence-corrected chi connectivity index (χ3v) is 4.55. The molecule has 0 saturated heterocycles. The smallest absolute Gasteiger partial charge is 0.305 e. The molecule has 0 heterocycles. The van der Waals surface area contributed by atoms with Crippen LogP contribution in [0.3, 0.4) is 0 Å².